The zero-order valence-electron chi connectivity index (χ0n) is 15.8. The Kier molecular flexibility index (Phi) is 6.93. The van der Waals surface area contributed by atoms with Gasteiger partial charge in [-0.15, -0.1) is 0 Å². The average molecular weight is 290 g/mol. The summed E-state index contributed by atoms with van der Waals surface area (Å²) >= 11 is 0. The van der Waals surface area contributed by atoms with Crippen molar-refractivity contribution in [3.8, 4) is 0 Å². The van der Waals surface area contributed by atoms with Gasteiger partial charge < -0.3 is 19.5 Å². The van der Waals surface area contributed by atoms with Gasteiger partial charge in [0.2, 0.25) is 0 Å². The average Bonchev–Trinajstić information content (AvgIpc) is 2.35. The van der Waals surface area contributed by atoms with E-state index in [1.165, 1.54) is 14.1 Å². The van der Waals surface area contributed by atoms with Crippen LogP contribution in [-0.4, -0.2) is 54.6 Å². The van der Waals surface area contributed by atoms with Gasteiger partial charge in [-0.25, -0.2) is 0 Å². The van der Waals surface area contributed by atoms with Crippen molar-refractivity contribution in [3.05, 3.63) is 0 Å². The van der Waals surface area contributed by atoms with Gasteiger partial charge in [0.05, 0.1) is 18.2 Å². The van der Waals surface area contributed by atoms with Gasteiger partial charge in [-0.3, -0.25) is 4.79 Å². The number of hydrogen-bond acceptors (Lipinski definition) is 4. The van der Waals surface area contributed by atoms with E-state index in [0.29, 0.717) is 6.42 Å². The molecule has 0 aromatic rings. The summed E-state index contributed by atoms with van der Waals surface area (Å²) in [5.74, 6) is -1.88. The van der Waals surface area contributed by atoms with Gasteiger partial charge >= 0.3 is 0 Å². The molecular weight excluding hydrogens is 258 g/mol. The van der Waals surface area contributed by atoms with E-state index in [4.69, 9.17) is 4.11 Å². The molecule has 1 N–H and O–H groups in total. The van der Waals surface area contributed by atoms with E-state index in [1.54, 1.807) is 0 Å². The lowest BCUT2D eigenvalue weighted by Gasteiger charge is -2.31. The second-order valence-corrected chi connectivity index (χ2v) is 5.65. The Bertz CT molecular complexity index is 412. The molecule has 5 nitrogen and oxygen atoms in total. The van der Waals surface area contributed by atoms with E-state index in [2.05, 4.69) is 6.92 Å². The Balaban J connectivity index is 4.70. The van der Waals surface area contributed by atoms with E-state index in [9.17, 15) is 19.8 Å². The van der Waals surface area contributed by atoms with E-state index in [-0.39, 0.29) is 12.3 Å². The van der Waals surface area contributed by atoms with Crippen molar-refractivity contribution in [2.45, 2.75) is 57.9 Å². The SMILES string of the molecule is [2H]C(O)(CC(=O)[O-])C([2H])([2H])[N+](C)(C)CC(=O)CCCCCCC. The molecule has 0 bridgehead atoms. The molecule has 0 amide bonds. The predicted octanol–water partition coefficient (Wildman–Crippen LogP) is 0.493. The first-order valence-electron chi connectivity index (χ1n) is 8.64. The lowest BCUT2D eigenvalue weighted by Crippen LogP contribution is -2.49. The number of aliphatic hydroxyl groups is 1. The van der Waals surface area contributed by atoms with Crippen LogP contribution in [0.5, 0.6) is 0 Å². The van der Waals surface area contributed by atoms with Crippen molar-refractivity contribution in [2.24, 2.45) is 0 Å². The number of carbonyl (C=O) groups is 2. The van der Waals surface area contributed by atoms with E-state index >= 15 is 0 Å². The third-order valence-electron chi connectivity index (χ3n) is 2.87. The third-order valence-corrected chi connectivity index (χ3v) is 2.87. The molecule has 0 saturated heterocycles. The minimum Gasteiger partial charge on any atom is -0.550 e. The summed E-state index contributed by atoms with van der Waals surface area (Å²) < 4.78 is 22.9. The van der Waals surface area contributed by atoms with Crippen LogP contribution in [0.25, 0.3) is 0 Å². The summed E-state index contributed by atoms with van der Waals surface area (Å²) in [4.78, 5) is 22.6. The number of unbranched alkanes of at least 4 members (excludes halogenated alkanes) is 4. The van der Waals surface area contributed by atoms with Gasteiger partial charge in [-0.05, 0) is 6.42 Å². The highest BCUT2D eigenvalue weighted by Crippen LogP contribution is 2.08. The molecule has 20 heavy (non-hydrogen) atoms. The Morgan fingerprint density at radius 1 is 1.30 bits per heavy atom. The number of Topliss-reactive ketones (excluding diaryl/α,β-unsaturated/α-hetero) is 1. The summed E-state index contributed by atoms with van der Waals surface area (Å²) in [5, 5.41) is 20.5. The lowest BCUT2D eigenvalue weighted by molar-refractivity contribution is -0.885. The van der Waals surface area contributed by atoms with E-state index < -0.39 is 29.5 Å². The molecule has 0 rings (SSSR count). The van der Waals surface area contributed by atoms with Gasteiger partial charge in [0, 0.05) is 18.8 Å². The normalized spacial score (nSPS) is 17.7. The van der Waals surface area contributed by atoms with Gasteiger partial charge in [0.15, 0.2) is 5.78 Å². The summed E-state index contributed by atoms with van der Waals surface area (Å²) in [7, 11) is 2.73. The highest BCUT2D eigenvalue weighted by Gasteiger charge is 2.23. The summed E-state index contributed by atoms with van der Waals surface area (Å²) in [5.41, 5.74) is 0. The largest absolute Gasteiger partial charge is 0.550 e. The predicted molar refractivity (Wildman–Crippen MR) is 75.9 cm³/mol. The fraction of sp³-hybridized carbons (Fsp3) is 0.867. The first-order valence-corrected chi connectivity index (χ1v) is 7.14. The Morgan fingerprint density at radius 3 is 2.45 bits per heavy atom. The van der Waals surface area contributed by atoms with E-state index in [0.717, 1.165) is 32.1 Å². The van der Waals surface area contributed by atoms with Crippen LogP contribution < -0.4 is 5.11 Å². The van der Waals surface area contributed by atoms with Gasteiger partial charge in [-0.1, -0.05) is 32.6 Å². The standard InChI is InChI=1S/C15H29NO4/c1-4-5-6-7-8-9-13(17)11-16(2,3)12-14(18)10-15(19)20/h14,18H,4-12H2,1-3H3/i12D2,14D. The van der Waals surface area contributed by atoms with Crippen molar-refractivity contribution in [3.63, 3.8) is 0 Å². The number of nitrogens with zero attached hydrogens (tertiary/aromatic N) is 1. The van der Waals surface area contributed by atoms with Gasteiger partial charge in [0.1, 0.15) is 19.1 Å². The molecule has 0 aliphatic heterocycles. The summed E-state index contributed by atoms with van der Waals surface area (Å²) in [6.07, 6.45) is 1.23. The van der Waals surface area contributed by atoms with Crippen LogP contribution in [0, 0.1) is 0 Å². The molecule has 0 aromatic heterocycles. The number of carbonyl (C=O) groups excluding carboxylic acids is 2. The minimum atomic E-state index is -2.88. The lowest BCUT2D eigenvalue weighted by atomic mass is 10.1. The Morgan fingerprint density at radius 2 is 1.90 bits per heavy atom. The topological polar surface area (TPSA) is 77.4 Å². The maximum Gasteiger partial charge on any atom is 0.186 e. The monoisotopic (exact) mass is 290 g/mol. The maximum atomic E-state index is 12.0. The van der Waals surface area contributed by atoms with Crippen LogP contribution in [0.3, 0.4) is 0 Å². The number of carboxylic acid groups (broad SMARTS) is 1. The molecule has 0 aromatic carbocycles. The highest BCUT2D eigenvalue weighted by molar-refractivity contribution is 5.79. The molecule has 0 aliphatic carbocycles. The smallest absolute Gasteiger partial charge is 0.186 e. The molecule has 0 heterocycles. The van der Waals surface area contributed by atoms with Crippen molar-refractivity contribution < 1.29 is 28.4 Å². The number of aliphatic carboxylic acids is 1. The van der Waals surface area contributed by atoms with Crippen LogP contribution >= 0.6 is 0 Å². The number of hydrogen-bond donors (Lipinski definition) is 1. The first-order chi connectivity index (χ1) is 10.4. The highest BCUT2D eigenvalue weighted by atomic mass is 16.4. The maximum absolute atomic E-state index is 12.0. The molecule has 0 aliphatic rings. The fourth-order valence-corrected chi connectivity index (χ4v) is 2.01. The number of ketones is 1. The summed E-state index contributed by atoms with van der Waals surface area (Å²) in [6.45, 7) is -0.748. The second kappa shape index (κ2) is 9.88. The zero-order valence-corrected chi connectivity index (χ0v) is 12.8. The Hall–Kier alpha value is -0.940. The fourth-order valence-electron chi connectivity index (χ4n) is 2.01. The van der Waals surface area contributed by atoms with Gasteiger partial charge in [0.25, 0.3) is 0 Å². The number of rotatable bonds is 12. The molecule has 1 unspecified atom stereocenters. The van der Waals surface area contributed by atoms with Crippen LogP contribution in [0.4, 0.5) is 0 Å². The van der Waals surface area contributed by atoms with Gasteiger partial charge in [-0.2, -0.15) is 0 Å². The van der Waals surface area contributed by atoms with Crippen molar-refractivity contribution in [2.75, 3.05) is 27.1 Å². The molecule has 0 fully saturated rings. The Labute approximate surface area is 126 Å². The molecule has 0 radical (unpaired) electrons. The molecule has 5 heteroatoms. The van der Waals surface area contributed by atoms with E-state index in [1.807, 2.05) is 0 Å². The zero-order chi connectivity index (χ0) is 18.3. The van der Waals surface area contributed by atoms with Crippen molar-refractivity contribution in [1.29, 1.82) is 0 Å². The first kappa shape index (κ1) is 14.0. The number of quaternary nitrogens is 1. The quantitative estimate of drug-likeness (QED) is 0.419. The molecule has 1 atom stereocenters. The van der Waals surface area contributed by atoms with Crippen LogP contribution in [0.2, 0.25) is 0 Å². The second-order valence-electron chi connectivity index (χ2n) is 5.65. The molecule has 118 valence electrons. The molecule has 0 saturated carbocycles. The molecule has 0 spiro atoms. The van der Waals surface area contributed by atoms with Crippen molar-refractivity contribution in [1.82, 2.24) is 0 Å². The summed E-state index contributed by atoms with van der Waals surface area (Å²) in [6, 6.07) is 0. The number of carboxylic acids is 1. The van der Waals surface area contributed by atoms with Crippen LogP contribution in [-0.2, 0) is 9.59 Å². The number of likely N-dealkylation sites (N-methyl/N-ethyl adjacent to an activating group) is 1. The molecular formula is C15H29NO4. The minimum absolute atomic E-state index is 0.167. The third kappa shape index (κ3) is 10.9. The van der Waals surface area contributed by atoms with Crippen molar-refractivity contribution >= 4 is 11.8 Å². The van der Waals surface area contributed by atoms with Crippen LogP contribution in [0.15, 0.2) is 0 Å². The van der Waals surface area contributed by atoms with Crippen LogP contribution in [0.1, 0.15) is 56.0 Å².